The molecule has 0 heterocycles. The fourth-order valence-electron chi connectivity index (χ4n) is 2.21. The second-order valence-electron chi connectivity index (χ2n) is 6.00. The van der Waals surface area contributed by atoms with Crippen molar-refractivity contribution in [2.75, 3.05) is 24.2 Å². The van der Waals surface area contributed by atoms with Crippen molar-refractivity contribution in [2.24, 2.45) is 0 Å². The zero-order valence-electron chi connectivity index (χ0n) is 14.5. The maximum absolute atomic E-state index is 12.3. The summed E-state index contributed by atoms with van der Waals surface area (Å²) in [4.78, 5) is 26.1. The van der Waals surface area contributed by atoms with Crippen molar-refractivity contribution in [1.29, 1.82) is 0 Å². The van der Waals surface area contributed by atoms with Crippen molar-refractivity contribution in [3.8, 4) is 0 Å². The Balaban J connectivity index is 1.88. The van der Waals surface area contributed by atoms with Crippen molar-refractivity contribution in [2.45, 2.75) is 19.9 Å². The molecule has 25 heavy (non-hydrogen) atoms. The Labute approximate surface area is 153 Å². The lowest BCUT2D eigenvalue weighted by Crippen LogP contribution is -2.43. The minimum Gasteiger partial charge on any atom is -0.325 e. The average Bonchev–Trinajstić information content (AvgIpc) is 2.56. The van der Waals surface area contributed by atoms with Gasteiger partial charge in [0.25, 0.3) is 0 Å². The average molecular weight is 360 g/mol. The Morgan fingerprint density at radius 1 is 1.08 bits per heavy atom. The number of carbonyl (C=O) groups excluding carboxylic acids is 2. The number of hydrogen-bond donors (Lipinski definition) is 2. The third-order valence-electron chi connectivity index (χ3n) is 3.86. The minimum atomic E-state index is -0.470. The highest BCUT2D eigenvalue weighted by Gasteiger charge is 2.20. The largest absolute Gasteiger partial charge is 0.325 e. The highest BCUT2D eigenvalue weighted by Crippen LogP contribution is 2.15. The van der Waals surface area contributed by atoms with E-state index < -0.39 is 6.04 Å². The molecule has 5 nitrogen and oxygen atoms in total. The highest BCUT2D eigenvalue weighted by molar-refractivity contribution is 6.30. The summed E-state index contributed by atoms with van der Waals surface area (Å²) in [6, 6.07) is 14.0. The van der Waals surface area contributed by atoms with Crippen LogP contribution in [0.2, 0.25) is 5.02 Å². The lowest BCUT2D eigenvalue weighted by atomic mass is 10.2. The van der Waals surface area contributed by atoms with Crippen molar-refractivity contribution in [3.63, 3.8) is 0 Å². The first-order valence-corrected chi connectivity index (χ1v) is 8.36. The molecule has 2 rings (SSSR count). The van der Waals surface area contributed by atoms with Crippen LogP contribution >= 0.6 is 11.6 Å². The van der Waals surface area contributed by atoms with Crippen LogP contribution in [0.3, 0.4) is 0 Å². The first kappa shape index (κ1) is 19.0. The maximum Gasteiger partial charge on any atom is 0.241 e. The van der Waals surface area contributed by atoms with Crippen molar-refractivity contribution >= 4 is 34.8 Å². The van der Waals surface area contributed by atoms with Gasteiger partial charge in [-0.1, -0.05) is 35.4 Å². The van der Waals surface area contributed by atoms with Gasteiger partial charge in [0, 0.05) is 16.4 Å². The summed E-state index contributed by atoms with van der Waals surface area (Å²) in [5.74, 6) is -0.373. The second kappa shape index (κ2) is 8.65. The molecule has 0 fully saturated rings. The van der Waals surface area contributed by atoms with Gasteiger partial charge in [0.15, 0.2) is 0 Å². The smallest absolute Gasteiger partial charge is 0.241 e. The number of nitrogens with one attached hydrogen (secondary N) is 2. The first-order chi connectivity index (χ1) is 11.8. The number of halogens is 1. The lowest BCUT2D eigenvalue weighted by Gasteiger charge is -2.23. The predicted molar refractivity (Wildman–Crippen MR) is 102 cm³/mol. The summed E-state index contributed by atoms with van der Waals surface area (Å²) in [5.41, 5.74) is 2.49. The summed E-state index contributed by atoms with van der Waals surface area (Å²) in [6.07, 6.45) is 0. The number of aryl methyl sites for hydroxylation is 1. The summed E-state index contributed by atoms with van der Waals surface area (Å²) >= 11 is 5.91. The molecule has 2 N–H and O–H groups in total. The molecule has 0 unspecified atom stereocenters. The maximum atomic E-state index is 12.3. The van der Waals surface area contributed by atoms with Gasteiger partial charge in [-0.15, -0.1) is 0 Å². The first-order valence-electron chi connectivity index (χ1n) is 7.98. The quantitative estimate of drug-likeness (QED) is 0.829. The summed E-state index contributed by atoms with van der Waals surface area (Å²) in [7, 11) is 1.73. The summed E-state index contributed by atoms with van der Waals surface area (Å²) in [6.45, 7) is 3.84. The van der Waals surface area contributed by atoms with E-state index in [1.165, 1.54) is 0 Å². The number of carbonyl (C=O) groups is 2. The minimum absolute atomic E-state index is 0.109. The van der Waals surface area contributed by atoms with Gasteiger partial charge in [-0.25, -0.2) is 0 Å². The molecular formula is C19H22ClN3O2. The molecule has 0 saturated heterocycles. The molecule has 2 aromatic rings. The fraction of sp³-hybridized carbons (Fsp3) is 0.263. The van der Waals surface area contributed by atoms with Gasteiger partial charge in [-0.2, -0.15) is 0 Å². The topological polar surface area (TPSA) is 61.4 Å². The molecule has 0 saturated carbocycles. The van der Waals surface area contributed by atoms with Crippen LogP contribution in [-0.4, -0.2) is 36.3 Å². The third kappa shape index (κ3) is 5.89. The summed E-state index contributed by atoms with van der Waals surface area (Å²) < 4.78 is 0. The highest BCUT2D eigenvalue weighted by atomic mass is 35.5. The Morgan fingerprint density at radius 3 is 2.40 bits per heavy atom. The van der Waals surface area contributed by atoms with E-state index in [4.69, 9.17) is 11.6 Å². The molecule has 1 atom stereocenters. The van der Waals surface area contributed by atoms with E-state index in [-0.39, 0.29) is 18.4 Å². The molecular weight excluding hydrogens is 338 g/mol. The molecule has 0 spiro atoms. The van der Waals surface area contributed by atoms with E-state index in [1.807, 2.05) is 31.2 Å². The monoisotopic (exact) mass is 359 g/mol. The number of rotatable bonds is 6. The van der Waals surface area contributed by atoms with Crippen LogP contribution in [0.1, 0.15) is 12.5 Å². The fourth-order valence-corrected chi connectivity index (χ4v) is 2.40. The predicted octanol–water partition coefficient (Wildman–Crippen LogP) is 3.55. The molecule has 0 aliphatic carbocycles. The number of hydrogen-bond acceptors (Lipinski definition) is 3. The normalized spacial score (nSPS) is 11.9. The molecule has 0 aliphatic rings. The van der Waals surface area contributed by atoms with Crippen LogP contribution in [0.25, 0.3) is 0 Å². The van der Waals surface area contributed by atoms with E-state index in [1.54, 1.807) is 43.1 Å². The van der Waals surface area contributed by atoms with Gasteiger partial charge in [0.05, 0.1) is 12.6 Å². The van der Waals surface area contributed by atoms with Crippen LogP contribution in [0.5, 0.6) is 0 Å². The van der Waals surface area contributed by atoms with Gasteiger partial charge in [-0.05, 0) is 51.2 Å². The molecule has 6 heteroatoms. The summed E-state index contributed by atoms with van der Waals surface area (Å²) in [5, 5.41) is 6.17. The van der Waals surface area contributed by atoms with E-state index in [9.17, 15) is 9.59 Å². The standard InChI is InChI=1S/C19H22ClN3O2/c1-13-7-9-16(10-8-13)21-18(24)12-23(3)14(2)19(25)22-17-6-4-5-15(20)11-17/h4-11,14H,12H2,1-3H3,(H,21,24)(H,22,25)/t14-/m1/s1. The van der Waals surface area contributed by atoms with Gasteiger partial charge in [-0.3, -0.25) is 14.5 Å². The van der Waals surface area contributed by atoms with Crippen LogP contribution in [0.15, 0.2) is 48.5 Å². The molecule has 2 amide bonds. The number of amides is 2. The van der Waals surface area contributed by atoms with E-state index in [0.717, 1.165) is 11.3 Å². The Hall–Kier alpha value is -2.37. The lowest BCUT2D eigenvalue weighted by molar-refractivity contribution is -0.122. The Bertz CT molecular complexity index is 747. The Morgan fingerprint density at radius 2 is 1.76 bits per heavy atom. The SMILES string of the molecule is Cc1ccc(NC(=O)CN(C)[C@H](C)C(=O)Nc2cccc(Cl)c2)cc1. The molecule has 0 aliphatic heterocycles. The zero-order valence-corrected chi connectivity index (χ0v) is 15.3. The number of likely N-dealkylation sites (N-methyl/N-ethyl adjacent to an activating group) is 1. The van der Waals surface area contributed by atoms with Crippen LogP contribution < -0.4 is 10.6 Å². The van der Waals surface area contributed by atoms with Crippen molar-refractivity contribution in [3.05, 3.63) is 59.1 Å². The van der Waals surface area contributed by atoms with E-state index in [2.05, 4.69) is 10.6 Å². The van der Waals surface area contributed by atoms with Crippen LogP contribution in [-0.2, 0) is 9.59 Å². The van der Waals surface area contributed by atoms with Gasteiger partial charge < -0.3 is 10.6 Å². The molecule has 0 bridgehead atoms. The number of nitrogens with zero attached hydrogens (tertiary/aromatic N) is 1. The molecule has 0 aromatic heterocycles. The van der Waals surface area contributed by atoms with Crippen LogP contribution in [0.4, 0.5) is 11.4 Å². The van der Waals surface area contributed by atoms with Gasteiger partial charge in [0.2, 0.25) is 11.8 Å². The zero-order chi connectivity index (χ0) is 18.4. The Kier molecular flexibility index (Phi) is 6.56. The van der Waals surface area contributed by atoms with Crippen molar-refractivity contribution < 1.29 is 9.59 Å². The van der Waals surface area contributed by atoms with Gasteiger partial charge >= 0.3 is 0 Å². The second-order valence-corrected chi connectivity index (χ2v) is 6.44. The number of anilines is 2. The molecule has 0 radical (unpaired) electrons. The molecule has 2 aromatic carbocycles. The third-order valence-corrected chi connectivity index (χ3v) is 4.10. The van der Waals surface area contributed by atoms with E-state index in [0.29, 0.717) is 10.7 Å². The van der Waals surface area contributed by atoms with Crippen molar-refractivity contribution in [1.82, 2.24) is 4.90 Å². The van der Waals surface area contributed by atoms with E-state index >= 15 is 0 Å². The van der Waals surface area contributed by atoms with Crippen LogP contribution in [0, 0.1) is 6.92 Å². The molecule has 132 valence electrons. The van der Waals surface area contributed by atoms with Gasteiger partial charge in [0.1, 0.15) is 0 Å². The number of benzene rings is 2.